The SMILES string of the molecule is COc1nc(N2CCNCC2)c2cnc(-c3cccc4cccc(C#N)c34)c(F)c2n1. The molecule has 3 heterocycles. The summed E-state index contributed by atoms with van der Waals surface area (Å²) in [5.74, 6) is 0.0479. The number of hydrogen-bond acceptors (Lipinski definition) is 7. The molecule has 1 aliphatic heterocycles. The highest BCUT2D eigenvalue weighted by Gasteiger charge is 2.22. The fourth-order valence-electron chi connectivity index (χ4n) is 4.05. The summed E-state index contributed by atoms with van der Waals surface area (Å²) in [5.41, 5.74) is 1.32. The Morgan fingerprint density at radius 1 is 1.13 bits per heavy atom. The second-order valence-corrected chi connectivity index (χ2v) is 7.28. The van der Waals surface area contributed by atoms with Crippen LogP contribution in [0.3, 0.4) is 0 Å². The first-order valence-corrected chi connectivity index (χ1v) is 9.99. The van der Waals surface area contributed by atoms with Crippen LogP contribution in [0.15, 0.2) is 42.6 Å². The molecule has 0 unspecified atom stereocenters. The first-order valence-electron chi connectivity index (χ1n) is 9.99. The van der Waals surface area contributed by atoms with Crippen molar-refractivity contribution in [2.45, 2.75) is 0 Å². The average Bonchev–Trinajstić information content (AvgIpc) is 2.83. The minimum atomic E-state index is -0.560. The van der Waals surface area contributed by atoms with Gasteiger partial charge >= 0.3 is 6.01 Å². The molecule has 0 saturated carbocycles. The van der Waals surface area contributed by atoms with E-state index >= 15 is 4.39 Å². The summed E-state index contributed by atoms with van der Waals surface area (Å²) in [5, 5.41) is 14.9. The third-order valence-corrected chi connectivity index (χ3v) is 5.52. The van der Waals surface area contributed by atoms with E-state index in [2.05, 4.69) is 31.2 Å². The van der Waals surface area contributed by atoms with Crippen LogP contribution in [-0.2, 0) is 0 Å². The van der Waals surface area contributed by atoms with Crippen molar-refractivity contribution in [1.82, 2.24) is 20.3 Å². The highest BCUT2D eigenvalue weighted by Crippen LogP contribution is 2.35. The molecule has 154 valence electrons. The number of nitrogens with zero attached hydrogens (tertiary/aromatic N) is 5. The smallest absolute Gasteiger partial charge is 0.318 e. The largest absolute Gasteiger partial charge is 0.467 e. The second-order valence-electron chi connectivity index (χ2n) is 7.28. The van der Waals surface area contributed by atoms with Crippen molar-refractivity contribution in [3.63, 3.8) is 0 Å². The van der Waals surface area contributed by atoms with Gasteiger partial charge in [-0.1, -0.05) is 30.3 Å². The van der Waals surface area contributed by atoms with Gasteiger partial charge in [-0.3, -0.25) is 4.98 Å². The van der Waals surface area contributed by atoms with E-state index < -0.39 is 5.82 Å². The van der Waals surface area contributed by atoms with Crippen LogP contribution in [0.2, 0.25) is 0 Å². The zero-order chi connectivity index (χ0) is 21.4. The lowest BCUT2D eigenvalue weighted by Crippen LogP contribution is -2.44. The van der Waals surface area contributed by atoms with E-state index in [0.717, 1.165) is 31.6 Å². The minimum absolute atomic E-state index is 0.104. The number of fused-ring (bicyclic) bond motifs is 2. The van der Waals surface area contributed by atoms with E-state index in [9.17, 15) is 5.26 Å². The standard InChI is InChI=1S/C23H19FN6O/c1-31-23-28-21-17(22(29-23)30-10-8-26-9-11-30)13-27-20(19(21)24)16-7-3-5-14-4-2-6-15(12-25)18(14)16/h2-7,13,26H,8-11H2,1H3. The number of nitrogens with one attached hydrogen (secondary N) is 1. The van der Waals surface area contributed by atoms with Gasteiger partial charge in [-0.15, -0.1) is 0 Å². The summed E-state index contributed by atoms with van der Waals surface area (Å²) in [6.07, 6.45) is 1.61. The number of pyridine rings is 1. The molecule has 4 aromatic rings. The van der Waals surface area contributed by atoms with Crippen LogP contribution in [0.5, 0.6) is 6.01 Å². The number of ether oxygens (including phenoxy) is 1. The van der Waals surface area contributed by atoms with E-state index in [-0.39, 0.29) is 17.2 Å². The first kappa shape index (κ1) is 19.2. The Labute approximate surface area is 178 Å². The molecule has 0 radical (unpaired) electrons. The number of halogens is 1. The summed E-state index contributed by atoms with van der Waals surface area (Å²) in [7, 11) is 1.46. The maximum atomic E-state index is 15.9. The van der Waals surface area contributed by atoms with Crippen molar-refractivity contribution < 1.29 is 9.13 Å². The Morgan fingerprint density at radius 2 is 1.90 bits per heavy atom. The van der Waals surface area contributed by atoms with Crippen LogP contribution in [0.4, 0.5) is 10.2 Å². The van der Waals surface area contributed by atoms with Gasteiger partial charge in [0, 0.05) is 43.3 Å². The van der Waals surface area contributed by atoms with Crippen molar-refractivity contribution in [3.8, 4) is 23.3 Å². The predicted molar refractivity (Wildman–Crippen MR) is 117 cm³/mol. The molecule has 1 saturated heterocycles. The van der Waals surface area contributed by atoms with Gasteiger partial charge in [-0.2, -0.15) is 15.2 Å². The Morgan fingerprint density at radius 3 is 2.65 bits per heavy atom. The molecule has 1 N–H and O–H groups in total. The number of methoxy groups -OCH3 is 1. The number of rotatable bonds is 3. The molecule has 0 amide bonds. The molecule has 0 atom stereocenters. The third-order valence-electron chi connectivity index (χ3n) is 5.52. The lowest BCUT2D eigenvalue weighted by Gasteiger charge is -2.29. The van der Waals surface area contributed by atoms with Gasteiger partial charge < -0.3 is 15.0 Å². The maximum absolute atomic E-state index is 15.9. The molecule has 0 spiro atoms. The number of hydrogen-bond donors (Lipinski definition) is 1. The molecule has 1 aliphatic rings. The number of nitriles is 1. The molecule has 8 heteroatoms. The van der Waals surface area contributed by atoms with Gasteiger partial charge in [-0.05, 0) is 11.5 Å². The maximum Gasteiger partial charge on any atom is 0.318 e. The van der Waals surface area contributed by atoms with Crippen molar-refractivity contribution in [2.24, 2.45) is 0 Å². The fraction of sp³-hybridized carbons (Fsp3) is 0.217. The lowest BCUT2D eigenvalue weighted by atomic mass is 9.97. The molecular formula is C23H19FN6O. The molecule has 1 fully saturated rings. The van der Waals surface area contributed by atoms with Crippen LogP contribution in [-0.4, -0.2) is 48.2 Å². The van der Waals surface area contributed by atoms with E-state index in [1.54, 1.807) is 18.3 Å². The molecule has 5 rings (SSSR count). The van der Waals surface area contributed by atoms with Gasteiger partial charge in [-0.25, -0.2) is 4.39 Å². The van der Waals surface area contributed by atoms with Gasteiger partial charge in [0.1, 0.15) is 17.0 Å². The van der Waals surface area contributed by atoms with Crippen LogP contribution in [0.25, 0.3) is 32.9 Å². The van der Waals surface area contributed by atoms with Crippen LogP contribution >= 0.6 is 0 Å². The molecule has 31 heavy (non-hydrogen) atoms. The van der Waals surface area contributed by atoms with E-state index in [4.69, 9.17) is 4.74 Å². The van der Waals surface area contributed by atoms with E-state index in [1.165, 1.54) is 7.11 Å². The molecule has 7 nitrogen and oxygen atoms in total. The van der Waals surface area contributed by atoms with Gasteiger partial charge in [0.05, 0.1) is 24.1 Å². The predicted octanol–water partition coefficient (Wildman–Crippen LogP) is 3.27. The van der Waals surface area contributed by atoms with Crippen molar-refractivity contribution in [2.75, 3.05) is 38.2 Å². The number of benzene rings is 2. The number of aromatic nitrogens is 3. The number of anilines is 1. The molecule has 0 bridgehead atoms. The average molecular weight is 414 g/mol. The summed E-state index contributed by atoms with van der Waals surface area (Å²) < 4.78 is 21.1. The Bertz CT molecular complexity index is 1340. The summed E-state index contributed by atoms with van der Waals surface area (Å²) in [4.78, 5) is 15.3. The van der Waals surface area contributed by atoms with Crippen LogP contribution in [0.1, 0.15) is 5.56 Å². The topological polar surface area (TPSA) is 87.0 Å². The zero-order valence-corrected chi connectivity index (χ0v) is 16.9. The normalized spacial score (nSPS) is 14.0. The van der Waals surface area contributed by atoms with Crippen LogP contribution in [0, 0.1) is 17.1 Å². The van der Waals surface area contributed by atoms with Gasteiger partial charge in [0.2, 0.25) is 0 Å². The van der Waals surface area contributed by atoms with E-state index in [0.29, 0.717) is 27.7 Å². The van der Waals surface area contributed by atoms with E-state index in [1.807, 2.05) is 24.3 Å². The molecule has 2 aromatic carbocycles. The number of piperazine rings is 1. The molecular weight excluding hydrogens is 395 g/mol. The van der Waals surface area contributed by atoms with Gasteiger partial charge in [0.15, 0.2) is 5.82 Å². The molecule has 2 aromatic heterocycles. The Balaban J connectivity index is 1.77. The summed E-state index contributed by atoms with van der Waals surface area (Å²) in [6, 6.07) is 13.2. The fourth-order valence-corrected chi connectivity index (χ4v) is 4.05. The lowest BCUT2D eigenvalue weighted by molar-refractivity contribution is 0.381. The second kappa shape index (κ2) is 7.78. The summed E-state index contributed by atoms with van der Waals surface area (Å²) >= 11 is 0. The van der Waals surface area contributed by atoms with Crippen molar-refractivity contribution >= 4 is 27.5 Å². The Hall–Kier alpha value is -3.83. The first-order chi connectivity index (χ1) is 15.2. The zero-order valence-electron chi connectivity index (χ0n) is 16.9. The van der Waals surface area contributed by atoms with Gasteiger partial charge in [0.25, 0.3) is 0 Å². The molecule has 0 aliphatic carbocycles. The van der Waals surface area contributed by atoms with Crippen molar-refractivity contribution in [3.05, 3.63) is 54.0 Å². The quantitative estimate of drug-likeness (QED) is 0.550. The van der Waals surface area contributed by atoms with Crippen molar-refractivity contribution in [1.29, 1.82) is 5.26 Å². The Kier molecular flexibility index (Phi) is 4.81. The highest BCUT2D eigenvalue weighted by molar-refractivity contribution is 6.01. The monoisotopic (exact) mass is 414 g/mol. The van der Waals surface area contributed by atoms with Crippen LogP contribution < -0.4 is 15.0 Å². The third kappa shape index (κ3) is 3.20. The highest BCUT2D eigenvalue weighted by atomic mass is 19.1. The minimum Gasteiger partial charge on any atom is -0.467 e. The summed E-state index contributed by atoms with van der Waals surface area (Å²) in [6.45, 7) is 3.12.